The molecule has 0 radical (unpaired) electrons. The maximum atomic E-state index is 14.0. The van der Waals surface area contributed by atoms with Crippen LogP contribution in [0.2, 0.25) is 0 Å². The van der Waals surface area contributed by atoms with Crippen molar-refractivity contribution in [2.45, 2.75) is 37.9 Å². The average molecular weight is 486 g/mol. The Morgan fingerprint density at radius 1 is 1.20 bits per heavy atom. The first-order valence-electron chi connectivity index (χ1n) is 11.6. The highest BCUT2D eigenvalue weighted by Crippen LogP contribution is 2.45. The number of hydrogen-bond acceptors (Lipinski definition) is 6. The van der Waals surface area contributed by atoms with Gasteiger partial charge in [-0.3, -0.25) is 14.9 Å². The number of rotatable bonds is 6. The van der Waals surface area contributed by atoms with Crippen molar-refractivity contribution in [3.63, 3.8) is 0 Å². The van der Waals surface area contributed by atoms with E-state index in [1.165, 1.54) is 6.07 Å². The minimum absolute atomic E-state index is 0.0303. The van der Waals surface area contributed by atoms with E-state index in [4.69, 9.17) is 0 Å². The van der Waals surface area contributed by atoms with Crippen molar-refractivity contribution in [1.29, 1.82) is 0 Å². The topological polar surface area (TPSA) is 98.8 Å². The summed E-state index contributed by atoms with van der Waals surface area (Å²) in [6, 6.07) is 5.93. The first-order chi connectivity index (χ1) is 16.7. The SMILES string of the molecule is CC1(c2nc(C(=O)NCc3ccc(-c4ccncc4N4CCNCC4)cc3C(F)(F)F)n[nH]2)CC1. The van der Waals surface area contributed by atoms with Crippen LogP contribution < -0.4 is 15.5 Å². The Morgan fingerprint density at radius 2 is 1.97 bits per heavy atom. The highest BCUT2D eigenvalue weighted by atomic mass is 19.4. The van der Waals surface area contributed by atoms with Gasteiger partial charge in [-0.2, -0.15) is 13.2 Å². The molecule has 2 aromatic heterocycles. The molecular formula is C24H26F3N7O. The van der Waals surface area contributed by atoms with Crippen molar-refractivity contribution >= 4 is 11.6 Å². The highest BCUT2D eigenvalue weighted by molar-refractivity contribution is 5.90. The van der Waals surface area contributed by atoms with E-state index in [2.05, 4.69) is 35.7 Å². The molecule has 1 saturated heterocycles. The highest BCUT2D eigenvalue weighted by Gasteiger charge is 2.42. The summed E-state index contributed by atoms with van der Waals surface area (Å²) >= 11 is 0. The van der Waals surface area contributed by atoms with Crippen LogP contribution in [0.25, 0.3) is 11.1 Å². The van der Waals surface area contributed by atoms with Crippen molar-refractivity contribution in [2.75, 3.05) is 31.1 Å². The van der Waals surface area contributed by atoms with Gasteiger partial charge in [0, 0.05) is 49.9 Å². The summed E-state index contributed by atoms with van der Waals surface area (Å²) in [5.74, 6) is -0.0690. The predicted molar refractivity (Wildman–Crippen MR) is 124 cm³/mol. The minimum Gasteiger partial charge on any atom is -0.367 e. The molecule has 2 aliphatic rings. The van der Waals surface area contributed by atoms with Crippen LogP contribution in [0.15, 0.2) is 36.7 Å². The van der Waals surface area contributed by atoms with Gasteiger partial charge in [-0.1, -0.05) is 19.1 Å². The molecule has 3 N–H and O–H groups in total. The lowest BCUT2D eigenvalue weighted by Crippen LogP contribution is -2.43. The van der Waals surface area contributed by atoms with Gasteiger partial charge < -0.3 is 15.5 Å². The van der Waals surface area contributed by atoms with Crippen LogP contribution in [0.5, 0.6) is 0 Å². The van der Waals surface area contributed by atoms with E-state index in [0.29, 0.717) is 17.0 Å². The number of carbonyl (C=O) groups is 1. The van der Waals surface area contributed by atoms with Crippen LogP contribution >= 0.6 is 0 Å². The quantitative estimate of drug-likeness (QED) is 0.496. The lowest BCUT2D eigenvalue weighted by atomic mass is 9.97. The second kappa shape index (κ2) is 8.95. The summed E-state index contributed by atoms with van der Waals surface area (Å²) in [4.78, 5) is 23.0. The molecule has 11 heteroatoms. The molecule has 0 spiro atoms. The zero-order valence-corrected chi connectivity index (χ0v) is 19.2. The van der Waals surface area contributed by atoms with Gasteiger partial charge in [0.15, 0.2) is 0 Å². The number of H-pyrrole nitrogens is 1. The standard InChI is InChI=1S/C24H26F3N7O/c1-23(5-6-23)22-31-20(32-33-22)21(35)30-13-16-3-2-15(12-18(16)24(25,26)27)17-4-7-29-14-19(17)34-10-8-28-9-11-34/h2-4,7,12,14,28H,5-6,8-11,13H2,1H3,(H,30,35)(H,31,32,33). The largest absolute Gasteiger partial charge is 0.416 e. The lowest BCUT2D eigenvalue weighted by Gasteiger charge is -2.31. The van der Waals surface area contributed by atoms with Crippen LogP contribution in [-0.4, -0.2) is 52.3 Å². The Kier molecular flexibility index (Phi) is 5.96. The number of alkyl halides is 3. The Balaban J connectivity index is 1.38. The number of nitrogens with zero attached hydrogens (tertiary/aromatic N) is 4. The minimum atomic E-state index is -4.59. The van der Waals surface area contributed by atoms with E-state index in [-0.39, 0.29) is 23.3 Å². The molecule has 1 saturated carbocycles. The molecular weight excluding hydrogens is 459 g/mol. The number of benzene rings is 1. The summed E-state index contributed by atoms with van der Waals surface area (Å²) in [7, 11) is 0. The molecule has 1 amide bonds. The van der Waals surface area contributed by atoms with Crippen LogP contribution in [0.4, 0.5) is 18.9 Å². The summed E-state index contributed by atoms with van der Waals surface area (Å²) in [6.45, 7) is 4.81. The first-order valence-corrected chi connectivity index (χ1v) is 11.6. The molecule has 1 aromatic carbocycles. The zero-order chi connectivity index (χ0) is 24.6. The van der Waals surface area contributed by atoms with Crippen LogP contribution in [0.1, 0.15) is 47.3 Å². The molecule has 3 heterocycles. The summed E-state index contributed by atoms with van der Waals surface area (Å²) in [6.07, 6.45) is 0.596. The summed E-state index contributed by atoms with van der Waals surface area (Å²) in [5, 5.41) is 12.5. The van der Waals surface area contributed by atoms with Crippen molar-refractivity contribution in [3.8, 4) is 11.1 Å². The number of aromatic amines is 1. The monoisotopic (exact) mass is 485 g/mol. The first kappa shape index (κ1) is 23.3. The Morgan fingerprint density at radius 3 is 2.69 bits per heavy atom. The van der Waals surface area contributed by atoms with Crippen LogP contribution in [0.3, 0.4) is 0 Å². The smallest absolute Gasteiger partial charge is 0.367 e. The molecule has 0 bridgehead atoms. The molecule has 8 nitrogen and oxygen atoms in total. The van der Waals surface area contributed by atoms with Crippen LogP contribution in [0, 0.1) is 0 Å². The third-order valence-corrected chi connectivity index (χ3v) is 6.68. The molecule has 35 heavy (non-hydrogen) atoms. The van der Waals surface area contributed by atoms with Gasteiger partial charge in [0.2, 0.25) is 5.82 Å². The number of pyridine rings is 1. The fourth-order valence-corrected chi connectivity index (χ4v) is 4.26. The van der Waals surface area contributed by atoms with E-state index in [1.54, 1.807) is 24.5 Å². The van der Waals surface area contributed by atoms with Gasteiger partial charge in [-0.05, 0) is 36.1 Å². The number of carbonyl (C=O) groups excluding carboxylic acids is 1. The van der Waals surface area contributed by atoms with Crippen molar-refractivity contribution in [2.24, 2.45) is 0 Å². The summed E-state index contributed by atoms with van der Waals surface area (Å²) < 4.78 is 42.0. The van der Waals surface area contributed by atoms with E-state index >= 15 is 0 Å². The number of hydrogen-bond donors (Lipinski definition) is 3. The molecule has 2 fully saturated rings. The molecule has 1 aliphatic carbocycles. The molecule has 3 aromatic rings. The second-order valence-corrected chi connectivity index (χ2v) is 9.25. The van der Waals surface area contributed by atoms with Gasteiger partial charge in [0.05, 0.1) is 17.4 Å². The number of piperazine rings is 1. The molecule has 5 rings (SSSR count). The van der Waals surface area contributed by atoms with Gasteiger partial charge in [0.1, 0.15) is 5.82 Å². The maximum absolute atomic E-state index is 14.0. The van der Waals surface area contributed by atoms with Gasteiger partial charge in [0.25, 0.3) is 5.91 Å². The Bertz CT molecular complexity index is 1230. The normalized spacial score (nSPS) is 17.3. The Hall–Kier alpha value is -3.47. The number of aromatic nitrogens is 4. The number of nitrogens with one attached hydrogen (secondary N) is 3. The third-order valence-electron chi connectivity index (χ3n) is 6.68. The molecule has 0 unspecified atom stereocenters. The van der Waals surface area contributed by atoms with E-state index < -0.39 is 17.6 Å². The van der Waals surface area contributed by atoms with Gasteiger partial charge in [-0.15, -0.1) is 5.10 Å². The van der Waals surface area contributed by atoms with Gasteiger partial charge >= 0.3 is 6.18 Å². The lowest BCUT2D eigenvalue weighted by molar-refractivity contribution is -0.138. The fraction of sp³-hybridized carbons (Fsp3) is 0.417. The van der Waals surface area contributed by atoms with Crippen molar-refractivity contribution in [3.05, 3.63) is 59.4 Å². The molecule has 0 atom stereocenters. The van der Waals surface area contributed by atoms with Crippen LogP contribution in [-0.2, 0) is 18.1 Å². The number of anilines is 1. The summed E-state index contributed by atoms with van der Waals surface area (Å²) in [5.41, 5.74) is 1.01. The fourth-order valence-electron chi connectivity index (χ4n) is 4.26. The molecule has 184 valence electrons. The van der Waals surface area contributed by atoms with E-state index in [1.807, 2.05) is 6.92 Å². The van der Waals surface area contributed by atoms with Crippen molar-refractivity contribution < 1.29 is 18.0 Å². The Labute approximate surface area is 200 Å². The predicted octanol–water partition coefficient (Wildman–Crippen LogP) is 3.28. The molecule has 1 aliphatic heterocycles. The number of halogens is 3. The second-order valence-electron chi connectivity index (χ2n) is 9.25. The zero-order valence-electron chi connectivity index (χ0n) is 19.2. The maximum Gasteiger partial charge on any atom is 0.416 e. The average Bonchev–Trinajstić information content (AvgIpc) is 3.40. The van der Waals surface area contributed by atoms with Crippen molar-refractivity contribution in [1.82, 2.24) is 30.8 Å². The van der Waals surface area contributed by atoms with E-state index in [0.717, 1.165) is 50.8 Å². The van der Waals surface area contributed by atoms with Gasteiger partial charge in [-0.25, -0.2) is 4.98 Å². The van der Waals surface area contributed by atoms with E-state index in [9.17, 15) is 18.0 Å². The third kappa shape index (κ3) is 4.86. The number of amides is 1.